The SMILES string of the molecule is Cc1cccc(CNS(=O)(=O)c2c(C)csc2C(=O)O)c1. The molecule has 0 aliphatic carbocycles. The van der Waals surface area contributed by atoms with Crippen molar-refractivity contribution in [2.45, 2.75) is 25.3 Å². The van der Waals surface area contributed by atoms with E-state index in [1.807, 2.05) is 31.2 Å². The van der Waals surface area contributed by atoms with E-state index in [9.17, 15) is 13.2 Å². The molecule has 5 nitrogen and oxygen atoms in total. The molecular formula is C14H15NO4S2. The molecule has 0 atom stereocenters. The lowest BCUT2D eigenvalue weighted by atomic mass is 10.1. The van der Waals surface area contributed by atoms with Gasteiger partial charge in [-0.05, 0) is 30.4 Å². The Balaban J connectivity index is 2.27. The molecule has 21 heavy (non-hydrogen) atoms. The van der Waals surface area contributed by atoms with Gasteiger partial charge in [0.05, 0.1) is 0 Å². The van der Waals surface area contributed by atoms with Crippen molar-refractivity contribution < 1.29 is 18.3 Å². The minimum Gasteiger partial charge on any atom is -0.477 e. The summed E-state index contributed by atoms with van der Waals surface area (Å²) in [5, 5.41) is 10.6. The van der Waals surface area contributed by atoms with E-state index in [2.05, 4.69) is 4.72 Å². The van der Waals surface area contributed by atoms with Crippen molar-refractivity contribution in [3.63, 3.8) is 0 Å². The zero-order valence-electron chi connectivity index (χ0n) is 11.6. The number of sulfonamides is 1. The molecule has 0 amide bonds. The van der Waals surface area contributed by atoms with Crippen molar-refractivity contribution in [2.24, 2.45) is 0 Å². The first-order chi connectivity index (χ1) is 9.81. The van der Waals surface area contributed by atoms with Gasteiger partial charge in [0.25, 0.3) is 0 Å². The number of thiophene rings is 1. The Labute approximate surface area is 127 Å². The van der Waals surface area contributed by atoms with E-state index < -0.39 is 16.0 Å². The summed E-state index contributed by atoms with van der Waals surface area (Å²) in [5.41, 5.74) is 2.29. The van der Waals surface area contributed by atoms with Gasteiger partial charge in [-0.25, -0.2) is 17.9 Å². The number of hydrogen-bond donors (Lipinski definition) is 2. The Morgan fingerprint density at radius 1 is 1.33 bits per heavy atom. The molecule has 2 rings (SSSR count). The van der Waals surface area contributed by atoms with Gasteiger partial charge in [-0.2, -0.15) is 0 Å². The van der Waals surface area contributed by atoms with E-state index in [-0.39, 0.29) is 16.3 Å². The lowest BCUT2D eigenvalue weighted by molar-refractivity contribution is 0.0698. The monoisotopic (exact) mass is 325 g/mol. The molecule has 1 heterocycles. The molecule has 1 aromatic heterocycles. The standard InChI is InChI=1S/C14H15NO4S2/c1-9-4-3-5-11(6-9)7-15-21(18,19)13-10(2)8-20-12(13)14(16)17/h3-6,8,15H,7H2,1-2H3,(H,16,17). The van der Waals surface area contributed by atoms with Crippen LogP contribution in [0.1, 0.15) is 26.4 Å². The predicted octanol–water partition coefficient (Wildman–Crippen LogP) is 2.54. The minimum absolute atomic E-state index is 0.123. The molecule has 0 unspecified atom stereocenters. The van der Waals surface area contributed by atoms with E-state index in [0.29, 0.717) is 5.56 Å². The van der Waals surface area contributed by atoms with Gasteiger partial charge in [-0.1, -0.05) is 29.8 Å². The molecule has 0 bridgehead atoms. The van der Waals surface area contributed by atoms with E-state index in [1.54, 1.807) is 6.92 Å². The highest BCUT2D eigenvalue weighted by Crippen LogP contribution is 2.26. The number of carbonyl (C=O) groups is 1. The number of carboxylic acids is 1. The number of aryl methyl sites for hydroxylation is 2. The number of carboxylic acid groups (broad SMARTS) is 1. The predicted molar refractivity (Wildman–Crippen MR) is 81.2 cm³/mol. The maximum absolute atomic E-state index is 12.3. The lowest BCUT2D eigenvalue weighted by Gasteiger charge is -2.08. The molecule has 7 heteroatoms. The Morgan fingerprint density at radius 3 is 2.67 bits per heavy atom. The molecule has 0 aliphatic heterocycles. The zero-order chi connectivity index (χ0) is 15.6. The molecule has 0 fully saturated rings. The summed E-state index contributed by atoms with van der Waals surface area (Å²) >= 11 is 0.917. The van der Waals surface area contributed by atoms with Crippen LogP contribution < -0.4 is 4.72 Å². The highest BCUT2D eigenvalue weighted by Gasteiger charge is 2.26. The Hall–Kier alpha value is -1.70. The van der Waals surface area contributed by atoms with E-state index in [0.717, 1.165) is 22.5 Å². The second-order valence-electron chi connectivity index (χ2n) is 4.70. The van der Waals surface area contributed by atoms with Gasteiger partial charge in [-0.3, -0.25) is 0 Å². The largest absolute Gasteiger partial charge is 0.477 e. The maximum atomic E-state index is 12.3. The van der Waals surface area contributed by atoms with Gasteiger partial charge in [0.15, 0.2) is 0 Å². The van der Waals surface area contributed by atoms with Crippen molar-refractivity contribution in [3.05, 3.63) is 51.2 Å². The fourth-order valence-corrected chi connectivity index (χ4v) is 4.63. The van der Waals surface area contributed by atoms with E-state index >= 15 is 0 Å². The first kappa shape index (κ1) is 15.7. The number of nitrogens with one attached hydrogen (secondary N) is 1. The molecule has 0 radical (unpaired) electrons. The average molecular weight is 325 g/mol. The Bertz CT molecular complexity index is 778. The summed E-state index contributed by atoms with van der Waals surface area (Å²) in [6.07, 6.45) is 0. The van der Waals surface area contributed by atoms with Gasteiger partial charge in [0.2, 0.25) is 10.0 Å². The molecule has 2 aromatic rings. The van der Waals surface area contributed by atoms with Crippen molar-refractivity contribution in [1.82, 2.24) is 4.72 Å². The maximum Gasteiger partial charge on any atom is 0.347 e. The molecule has 0 saturated carbocycles. The highest BCUT2D eigenvalue weighted by molar-refractivity contribution is 7.89. The molecule has 0 saturated heterocycles. The summed E-state index contributed by atoms with van der Waals surface area (Å²) in [6, 6.07) is 7.45. The van der Waals surface area contributed by atoms with Gasteiger partial charge in [0.1, 0.15) is 9.77 Å². The van der Waals surface area contributed by atoms with Crippen LogP contribution in [0.25, 0.3) is 0 Å². The molecule has 0 spiro atoms. The van der Waals surface area contributed by atoms with E-state index in [1.165, 1.54) is 5.38 Å². The van der Waals surface area contributed by atoms with Crippen LogP contribution in [0.4, 0.5) is 0 Å². The Morgan fingerprint density at radius 2 is 2.05 bits per heavy atom. The average Bonchev–Trinajstić information content (AvgIpc) is 2.80. The smallest absolute Gasteiger partial charge is 0.347 e. The second kappa shape index (κ2) is 5.97. The van der Waals surface area contributed by atoms with Gasteiger partial charge in [0, 0.05) is 6.54 Å². The molecular weight excluding hydrogens is 310 g/mol. The van der Waals surface area contributed by atoms with Crippen LogP contribution in [0.2, 0.25) is 0 Å². The van der Waals surface area contributed by atoms with Crippen LogP contribution in [0, 0.1) is 13.8 Å². The van der Waals surface area contributed by atoms with Gasteiger partial charge < -0.3 is 5.11 Å². The second-order valence-corrected chi connectivity index (χ2v) is 7.28. The number of aromatic carboxylic acids is 1. The summed E-state index contributed by atoms with van der Waals surface area (Å²) in [5.74, 6) is -1.23. The number of hydrogen-bond acceptors (Lipinski definition) is 4. The first-order valence-electron chi connectivity index (χ1n) is 6.18. The third-order valence-electron chi connectivity index (χ3n) is 2.93. The topological polar surface area (TPSA) is 83.5 Å². The molecule has 0 aliphatic rings. The van der Waals surface area contributed by atoms with Crippen molar-refractivity contribution in [3.8, 4) is 0 Å². The molecule has 2 N–H and O–H groups in total. The van der Waals surface area contributed by atoms with Crippen molar-refractivity contribution in [2.75, 3.05) is 0 Å². The summed E-state index contributed by atoms with van der Waals surface area (Å²) in [4.78, 5) is 10.8. The first-order valence-corrected chi connectivity index (χ1v) is 8.54. The number of rotatable bonds is 5. The van der Waals surface area contributed by atoms with Crippen LogP contribution in [0.5, 0.6) is 0 Å². The van der Waals surface area contributed by atoms with Crippen LogP contribution in [-0.2, 0) is 16.6 Å². The third kappa shape index (κ3) is 3.49. The zero-order valence-corrected chi connectivity index (χ0v) is 13.2. The van der Waals surface area contributed by atoms with Gasteiger partial charge in [-0.15, -0.1) is 11.3 Å². The lowest BCUT2D eigenvalue weighted by Crippen LogP contribution is -2.25. The van der Waals surface area contributed by atoms with Gasteiger partial charge >= 0.3 is 5.97 Å². The minimum atomic E-state index is -3.85. The quantitative estimate of drug-likeness (QED) is 0.885. The summed E-state index contributed by atoms with van der Waals surface area (Å²) < 4.78 is 27.1. The fourth-order valence-electron chi connectivity index (χ4n) is 1.99. The highest BCUT2D eigenvalue weighted by atomic mass is 32.2. The van der Waals surface area contributed by atoms with E-state index in [4.69, 9.17) is 5.11 Å². The van der Waals surface area contributed by atoms with Crippen molar-refractivity contribution in [1.29, 1.82) is 0 Å². The van der Waals surface area contributed by atoms with Crippen molar-refractivity contribution >= 4 is 27.3 Å². The van der Waals surface area contributed by atoms with Crippen LogP contribution in [0.3, 0.4) is 0 Å². The summed E-state index contributed by atoms with van der Waals surface area (Å²) in [6.45, 7) is 3.63. The normalized spacial score (nSPS) is 11.5. The van der Waals surface area contributed by atoms with Crippen LogP contribution >= 0.6 is 11.3 Å². The van der Waals surface area contributed by atoms with Crippen LogP contribution in [-0.4, -0.2) is 19.5 Å². The molecule has 112 valence electrons. The molecule has 1 aromatic carbocycles. The fraction of sp³-hybridized carbons (Fsp3) is 0.214. The third-order valence-corrected chi connectivity index (χ3v) is 5.73. The number of benzene rings is 1. The Kier molecular flexibility index (Phi) is 4.46. The summed E-state index contributed by atoms with van der Waals surface area (Å²) in [7, 11) is -3.85. The van der Waals surface area contributed by atoms with Crippen LogP contribution in [0.15, 0.2) is 34.5 Å².